The highest BCUT2D eigenvalue weighted by Gasteiger charge is 2.31. The molecule has 0 unspecified atom stereocenters. The Kier molecular flexibility index (Phi) is 4.77. The van der Waals surface area contributed by atoms with Gasteiger partial charge in [0.1, 0.15) is 0 Å². The minimum Gasteiger partial charge on any atom is -0.337 e. The molecule has 0 aliphatic carbocycles. The molecule has 2 aliphatic rings. The van der Waals surface area contributed by atoms with Crippen LogP contribution in [-0.4, -0.2) is 54.6 Å². The number of anilines is 1. The molecule has 0 aromatic heterocycles. The van der Waals surface area contributed by atoms with Crippen LogP contribution in [0.15, 0.2) is 53.4 Å². The maximum Gasteiger partial charge on any atom is 0.264 e. The van der Waals surface area contributed by atoms with Crippen molar-refractivity contribution in [3.63, 3.8) is 0 Å². The van der Waals surface area contributed by atoms with Gasteiger partial charge in [0.25, 0.3) is 15.9 Å². The van der Waals surface area contributed by atoms with E-state index in [0.717, 1.165) is 5.56 Å². The van der Waals surface area contributed by atoms with Gasteiger partial charge in [-0.15, -0.1) is 0 Å². The van der Waals surface area contributed by atoms with Gasteiger partial charge in [-0.2, -0.15) is 0 Å². The van der Waals surface area contributed by atoms with Gasteiger partial charge < -0.3 is 4.90 Å². The number of hydrogen-bond donors (Lipinski definition) is 0. The first-order valence-corrected chi connectivity index (χ1v) is 11.7. The minimum absolute atomic E-state index is 0.116. The predicted octanol–water partition coefficient (Wildman–Crippen LogP) is 1.64. The lowest BCUT2D eigenvalue weighted by molar-refractivity contribution is 0.0771. The highest BCUT2D eigenvalue weighted by molar-refractivity contribution is 7.92. The zero-order valence-electron chi connectivity index (χ0n) is 14.7. The van der Waals surface area contributed by atoms with E-state index in [1.807, 2.05) is 24.3 Å². The molecule has 0 atom stereocenters. The number of fused-ring (bicyclic) bond motifs is 1. The third-order valence-electron chi connectivity index (χ3n) is 4.98. The molecule has 0 N–H and O–H groups in total. The van der Waals surface area contributed by atoms with Gasteiger partial charge in [0.05, 0.1) is 10.6 Å². The lowest BCUT2D eigenvalue weighted by Gasteiger charge is -2.26. The Hall–Kier alpha value is -2.19. The van der Waals surface area contributed by atoms with E-state index in [1.54, 1.807) is 17.0 Å². The fourth-order valence-electron chi connectivity index (χ4n) is 3.50. The van der Waals surface area contributed by atoms with Gasteiger partial charge in [0.15, 0.2) is 0 Å². The monoisotopic (exact) mass is 404 g/mol. The van der Waals surface area contributed by atoms with Gasteiger partial charge in [0.2, 0.25) is 0 Å². The topological polar surface area (TPSA) is 74.8 Å². The van der Waals surface area contributed by atoms with Crippen molar-refractivity contribution in [3.8, 4) is 0 Å². The molecule has 0 spiro atoms. The summed E-state index contributed by atoms with van der Waals surface area (Å²) in [5, 5.41) is 0. The van der Waals surface area contributed by atoms with Crippen LogP contribution in [0.1, 0.15) is 15.9 Å². The average Bonchev–Trinajstić information content (AvgIpc) is 3.13. The first-order chi connectivity index (χ1) is 13.0. The molecule has 8 heteroatoms. The Bertz CT molecular complexity index is 1010. The molecule has 1 fully saturated rings. The van der Waals surface area contributed by atoms with E-state index >= 15 is 0 Å². The summed E-state index contributed by atoms with van der Waals surface area (Å²) in [6, 6.07) is 13.7. The smallest absolute Gasteiger partial charge is 0.264 e. The fraction of sp³-hybridized carbons (Fsp3) is 0.316. The van der Waals surface area contributed by atoms with Crippen molar-refractivity contribution in [1.29, 1.82) is 0 Å². The van der Waals surface area contributed by atoms with E-state index in [-0.39, 0.29) is 10.8 Å². The number of sulfonamides is 1. The second-order valence-electron chi connectivity index (χ2n) is 6.62. The Morgan fingerprint density at radius 1 is 0.963 bits per heavy atom. The highest BCUT2D eigenvalue weighted by Crippen LogP contribution is 2.32. The highest BCUT2D eigenvalue weighted by atomic mass is 32.2. The molecule has 4 rings (SSSR count). The minimum atomic E-state index is -3.73. The number of para-hydroxylation sites is 1. The van der Waals surface area contributed by atoms with Crippen LogP contribution < -0.4 is 4.31 Å². The van der Waals surface area contributed by atoms with Crippen LogP contribution in [0.4, 0.5) is 5.69 Å². The predicted molar refractivity (Wildman–Crippen MR) is 105 cm³/mol. The molecule has 27 heavy (non-hydrogen) atoms. The normalized spacial score (nSPS) is 17.8. The Morgan fingerprint density at radius 3 is 2.48 bits per heavy atom. The van der Waals surface area contributed by atoms with E-state index < -0.39 is 20.8 Å². The van der Waals surface area contributed by atoms with Crippen LogP contribution in [0, 0.1) is 0 Å². The largest absolute Gasteiger partial charge is 0.337 e. The van der Waals surface area contributed by atoms with Crippen molar-refractivity contribution < 1.29 is 17.4 Å². The van der Waals surface area contributed by atoms with Crippen molar-refractivity contribution in [2.24, 2.45) is 0 Å². The van der Waals surface area contributed by atoms with Crippen LogP contribution in [-0.2, 0) is 27.2 Å². The van der Waals surface area contributed by atoms with E-state index in [0.29, 0.717) is 48.8 Å². The number of rotatable bonds is 3. The second-order valence-corrected chi connectivity index (χ2v) is 10.2. The molecule has 0 radical (unpaired) electrons. The molecule has 1 saturated heterocycles. The molecule has 2 aliphatic heterocycles. The summed E-state index contributed by atoms with van der Waals surface area (Å²) in [5.41, 5.74) is 2.05. The van der Waals surface area contributed by atoms with E-state index in [1.165, 1.54) is 16.4 Å². The molecule has 2 aromatic rings. The van der Waals surface area contributed by atoms with Crippen molar-refractivity contribution >= 4 is 32.4 Å². The third kappa shape index (κ3) is 3.39. The lowest BCUT2D eigenvalue weighted by Crippen LogP contribution is -2.41. The summed E-state index contributed by atoms with van der Waals surface area (Å²) in [6.45, 7) is 1.27. The van der Waals surface area contributed by atoms with Crippen LogP contribution in [0.3, 0.4) is 0 Å². The first-order valence-electron chi connectivity index (χ1n) is 8.82. The molecule has 0 bridgehead atoms. The molecule has 0 saturated carbocycles. The van der Waals surface area contributed by atoms with Gasteiger partial charge in [0, 0.05) is 47.5 Å². The molecular formula is C19H20N2O4S2. The lowest BCUT2D eigenvalue weighted by atomic mass is 10.2. The van der Waals surface area contributed by atoms with Crippen molar-refractivity contribution in [2.45, 2.75) is 11.3 Å². The number of hydrogen-bond acceptors (Lipinski definition) is 4. The molecule has 2 heterocycles. The SMILES string of the molecule is O=C(c1cccc(S(=O)(=O)N2CCc3ccccc32)c1)N1CCS(=O)CC1. The van der Waals surface area contributed by atoms with Crippen molar-refractivity contribution in [3.05, 3.63) is 59.7 Å². The number of carbonyl (C=O) groups excluding carboxylic acids is 1. The Labute approximate surface area is 161 Å². The van der Waals surface area contributed by atoms with Gasteiger partial charge in [-0.1, -0.05) is 24.3 Å². The van der Waals surface area contributed by atoms with Crippen molar-refractivity contribution in [2.75, 3.05) is 35.4 Å². The van der Waals surface area contributed by atoms with Crippen molar-refractivity contribution in [1.82, 2.24) is 4.90 Å². The fourth-order valence-corrected chi connectivity index (χ4v) is 6.10. The van der Waals surface area contributed by atoms with Gasteiger partial charge in [-0.3, -0.25) is 13.3 Å². The molecular weight excluding hydrogens is 384 g/mol. The summed E-state index contributed by atoms with van der Waals surface area (Å²) >= 11 is 0. The maximum atomic E-state index is 13.2. The van der Waals surface area contributed by atoms with Gasteiger partial charge in [-0.25, -0.2) is 8.42 Å². The zero-order valence-corrected chi connectivity index (χ0v) is 16.3. The molecule has 2 aromatic carbocycles. The summed E-state index contributed by atoms with van der Waals surface area (Å²) < 4.78 is 39.2. The molecule has 6 nitrogen and oxygen atoms in total. The van der Waals surface area contributed by atoms with Crippen LogP contribution in [0.25, 0.3) is 0 Å². The summed E-state index contributed by atoms with van der Waals surface area (Å²) in [7, 11) is -4.61. The number of nitrogens with zero attached hydrogens (tertiary/aromatic N) is 2. The second kappa shape index (κ2) is 7.09. The Morgan fingerprint density at radius 2 is 1.70 bits per heavy atom. The standard InChI is InChI=1S/C19H20N2O4S2/c22-19(20-10-12-26(23)13-11-20)16-5-3-6-17(14-16)27(24,25)21-9-8-15-4-1-2-7-18(15)21/h1-7,14H,8-13H2. The molecule has 1 amide bonds. The van der Waals surface area contributed by atoms with E-state index in [4.69, 9.17) is 0 Å². The third-order valence-corrected chi connectivity index (χ3v) is 8.06. The average molecular weight is 405 g/mol. The Balaban J connectivity index is 1.62. The summed E-state index contributed by atoms with van der Waals surface area (Å²) in [4.78, 5) is 14.5. The van der Waals surface area contributed by atoms with E-state index in [9.17, 15) is 17.4 Å². The number of amides is 1. The number of carbonyl (C=O) groups is 1. The summed E-state index contributed by atoms with van der Waals surface area (Å²) in [5.74, 6) is 0.716. The first kappa shape index (κ1) is 18.2. The molecule has 142 valence electrons. The summed E-state index contributed by atoms with van der Waals surface area (Å²) in [6.07, 6.45) is 0.680. The zero-order chi connectivity index (χ0) is 19.0. The maximum absolute atomic E-state index is 13.2. The van der Waals surface area contributed by atoms with Crippen LogP contribution in [0.5, 0.6) is 0 Å². The van der Waals surface area contributed by atoms with E-state index in [2.05, 4.69) is 0 Å². The number of benzene rings is 2. The van der Waals surface area contributed by atoms with Crippen LogP contribution >= 0.6 is 0 Å². The van der Waals surface area contributed by atoms with Crippen LogP contribution in [0.2, 0.25) is 0 Å². The van der Waals surface area contributed by atoms with Gasteiger partial charge >= 0.3 is 0 Å². The van der Waals surface area contributed by atoms with Gasteiger partial charge in [-0.05, 0) is 36.2 Å². The quantitative estimate of drug-likeness (QED) is 0.780.